The molecule has 144 valence electrons. The number of nitrogen functional groups attached to an aromatic ring is 1. The molecule has 0 bridgehead atoms. The number of nitro benzene ring substituents is 1. The van der Waals surface area contributed by atoms with Gasteiger partial charge in [-0.1, -0.05) is 0 Å². The highest BCUT2D eigenvalue weighted by Crippen LogP contribution is 2.40. The van der Waals surface area contributed by atoms with Crippen molar-refractivity contribution in [3.63, 3.8) is 0 Å². The van der Waals surface area contributed by atoms with Crippen LogP contribution in [-0.2, 0) is 6.18 Å². The summed E-state index contributed by atoms with van der Waals surface area (Å²) in [6, 6.07) is 6.49. The average Bonchev–Trinajstić information content (AvgIpc) is 2.61. The van der Waals surface area contributed by atoms with Crippen molar-refractivity contribution in [1.82, 2.24) is 9.97 Å². The average molecular weight is 393 g/mol. The van der Waals surface area contributed by atoms with Crippen LogP contribution in [0.15, 0.2) is 54.9 Å². The van der Waals surface area contributed by atoms with E-state index in [1.165, 1.54) is 12.4 Å². The van der Waals surface area contributed by atoms with Gasteiger partial charge >= 0.3 is 6.18 Å². The third kappa shape index (κ3) is 3.82. The molecule has 0 aliphatic heterocycles. The molecule has 0 saturated heterocycles. The lowest BCUT2D eigenvalue weighted by Gasteiger charge is -2.24. The minimum absolute atomic E-state index is 0.0338. The maximum atomic E-state index is 13.8. The summed E-state index contributed by atoms with van der Waals surface area (Å²) in [6.07, 6.45) is -2.15. The van der Waals surface area contributed by atoms with Crippen molar-refractivity contribution >= 4 is 28.7 Å². The Labute approximate surface area is 155 Å². The van der Waals surface area contributed by atoms with Gasteiger partial charge in [-0.15, -0.1) is 0 Å². The van der Waals surface area contributed by atoms with E-state index in [-0.39, 0.29) is 23.0 Å². The summed E-state index contributed by atoms with van der Waals surface area (Å²) in [5.41, 5.74) is 4.04. The van der Waals surface area contributed by atoms with Crippen molar-refractivity contribution in [2.24, 2.45) is 0 Å². The van der Waals surface area contributed by atoms with Crippen LogP contribution in [0.5, 0.6) is 0 Å². The summed E-state index contributed by atoms with van der Waals surface area (Å²) in [5, 5.41) is 11.4. The Kier molecular flexibility index (Phi) is 4.82. The molecule has 0 amide bonds. The van der Waals surface area contributed by atoms with Gasteiger partial charge in [-0.2, -0.15) is 13.2 Å². The number of anilines is 4. The van der Waals surface area contributed by atoms with Gasteiger partial charge in [0.25, 0.3) is 5.69 Å². The van der Waals surface area contributed by atoms with Crippen molar-refractivity contribution in [2.75, 3.05) is 10.6 Å². The largest absolute Gasteiger partial charge is 0.416 e. The van der Waals surface area contributed by atoms with E-state index in [4.69, 9.17) is 5.73 Å². The quantitative estimate of drug-likeness (QED) is 0.395. The highest BCUT2D eigenvalue weighted by Gasteiger charge is 2.31. The number of nitrogens with zero attached hydrogens (tertiary/aromatic N) is 4. The third-order valence-corrected chi connectivity index (χ3v) is 3.70. The molecule has 2 aromatic carbocycles. The Bertz CT molecular complexity index is 1020. The zero-order valence-corrected chi connectivity index (χ0v) is 13.9. The van der Waals surface area contributed by atoms with E-state index < -0.39 is 28.2 Å². The van der Waals surface area contributed by atoms with Gasteiger partial charge in [-0.25, -0.2) is 9.37 Å². The number of aromatic nitrogens is 2. The van der Waals surface area contributed by atoms with Crippen molar-refractivity contribution in [1.29, 1.82) is 0 Å². The normalized spacial score (nSPS) is 11.3. The predicted octanol–water partition coefficient (Wildman–Crippen LogP) is 4.59. The van der Waals surface area contributed by atoms with Gasteiger partial charge in [-0.05, 0) is 30.3 Å². The highest BCUT2D eigenvalue weighted by molar-refractivity contribution is 5.80. The maximum absolute atomic E-state index is 13.8. The van der Waals surface area contributed by atoms with Crippen LogP contribution >= 0.6 is 0 Å². The van der Waals surface area contributed by atoms with Gasteiger partial charge in [0.2, 0.25) is 0 Å². The monoisotopic (exact) mass is 393 g/mol. The highest BCUT2D eigenvalue weighted by atomic mass is 19.4. The minimum Gasteiger partial charge on any atom is -0.382 e. The fourth-order valence-electron chi connectivity index (χ4n) is 2.50. The molecular weight excluding hydrogens is 382 g/mol. The van der Waals surface area contributed by atoms with Crippen LogP contribution in [0.25, 0.3) is 0 Å². The third-order valence-electron chi connectivity index (χ3n) is 3.70. The number of halogens is 4. The number of rotatable bonds is 4. The van der Waals surface area contributed by atoms with Gasteiger partial charge < -0.3 is 5.73 Å². The first kappa shape index (κ1) is 19.0. The molecule has 7 nitrogen and oxygen atoms in total. The summed E-state index contributed by atoms with van der Waals surface area (Å²) in [6.45, 7) is 0. The molecule has 0 spiro atoms. The second-order valence-corrected chi connectivity index (χ2v) is 5.57. The van der Waals surface area contributed by atoms with Gasteiger partial charge in [0, 0.05) is 17.8 Å². The van der Waals surface area contributed by atoms with E-state index in [1.807, 2.05) is 0 Å². The smallest absolute Gasteiger partial charge is 0.382 e. The minimum atomic E-state index is -4.56. The summed E-state index contributed by atoms with van der Waals surface area (Å²) in [5.74, 6) is -0.851. The lowest BCUT2D eigenvalue weighted by atomic mass is 10.1. The van der Waals surface area contributed by atoms with Gasteiger partial charge in [0.15, 0.2) is 5.82 Å². The van der Waals surface area contributed by atoms with Gasteiger partial charge in [-0.3, -0.25) is 20.0 Å². The molecule has 0 saturated carbocycles. The second-order valence-electron chi connectivity index (χ2n) is 5.57. The number of nitrogens with two attached hydrogens (primary N) is 1. The molecule has 0 unspecified atom stereocenters. The van der Waals surface area contributed by atoms with Gasteiger partial charge in [0.05, 0.1) is 22.9 Å². The van der Waals surface area contributed by atoms with Crippen molar-refractivity contribution < 1.29 is 22.5 Å². The lowest BCUT2D eigenvalue weighted by Crippen LogP contribution is -2.15. The Balaban J connectivity index is 2.23. The molecule has 0 fully saturated rings. The maximum Gasteiger partial charge on any atom is 0.416 e. The molecule has 3 rings (SSSR count). The summed E-state index contributed by atoms with van der Waals surface area (Å²) in [7, 11) is 0. The van der Waals surface area contributed by atoms with E-state index in [0.29, 0.717) is 0 Å². The second kappa shape index (κ2) is 7.10. The Hall–Kier alpha value is -3.76. The van der Waals surface area contributed by atoms with E-state index in [1.54, 1.807) is 0 Å². The molecule has 0 atom stereocenters. The lowest BCUT2D eigenvalue weighted by molar-refractivity contribution is -0.384. The summed E-state index contributed by atoms with van der Waals surface area (Å²) in [4.78, 5) is 19.6. The van der Waals surface area contributed by atoms with E-state index in [0.717, 1.165) is 47.4 Å². The first-order chi connectivity index (χ1) is 13.2. The molecule has 1 aromatic heterocycles. The summed E-state index contributed by atoms with van der Waals surface area (Å²) < 4.78 is 52.4. The van der Waals surface area contributed by atoms with Crippen LogP contribution in [-0.4, -0.2) is 14.9 Å². The Morgan fingerprint density at radius 3 is 2.32 bits per heavy atom. The van der Waals surface area contributed by atoms with Crippen molar-refractivity contribution in [3.05, 3.63) is 76.4 Å². The first-order valence-corrected chi connectivity index (χ1v) is 7.65. The van der Waals surface area contributed by atoms with Crippen LogP contribution in [0.2, 0.25) is 0 Å². The Morgan fingerprint density at radius 2 is 1.75 bits per heavy atom. The zero-order valence-electron chi connectivity index (χ0n) is 13.9. The van der Waals surface area contributed by atoms with Crippen LogP contribution < -0.4 is 10.6 Å². The van der Waals surface area contributed by atoms with Crippen LogP contribution in [0, 0.1) is 15.9 Å². The predicted molar refractivity (Wildman–Crippen MR) is 92.7 cm³/mol. The van der Waals surface area contributed by atoms with E-state index in [2.05, 4.69) is 9.97 Å². The Morgan fingerprint density at radius 1 is 1.07 bits per heavy atom. The molecular formula is C17H11F4N5O2. The first-order valence-electron chi connectivity index (χ1n) is 7.65. The molecule has 2 N–H and O–H groups in total. The fraction of sp³-hybridized carbons (Fsp3) is 0.0588. The van der Waals surface area contributed by atoms with Gasteiger partial charge in [0.1, 0.15) is 17.3 Å². The fourth-order valence-corrected chi connectivity index (χ4v) is 2.50. The molecule has 3 aromatic rings. The number of alkyl halides is 3. The van der Waals surface area contributed by atoms with E-state index >= 15 is 0 Å². The standard InChI is InChI=1S/C17H11F4N5O2/c18-11-3-6-13(26(27)28)14(7-11)25(16-9-23-8-15(22)24-16)12-4-1-10(2-5-12)17(19,20)21/h1-9H,(H2,22,24). The molecule has 28 heavy (non-hydrogen) atoms. The molecule has 0 aliphatic carbocycles. The topological polar surface area (TPSA) is 98.2 Å². The molecule has 11 heteroatoms. The number of benzene rings is 2. The molecule has 0 radical (unpaired) electrons. The number of hydrogen-bond donors (Lipinski definition) is 1. The number of nitro groups is 1. The van der Waals surface area contributed by atoms with Crippen molar-refractivity contribution in [3.8, 4) is 0 Å². The zero-order chi connectivity index (χ0) is 20.5. The van der Waals surface area contributed by atoms with Crippen molar-refractivity contribution in [2.45, 2.75) is 6.18 Å². The van der Waals surface area contributed by atoms with Crippen LogP contribution in [0.4, 0.5) is 46.3 Å². The molecule has 1 heterocycles. The van der Waals surface area contributed by atoms with E-state index in [9.17, 15) is 27.7 Å². The molecule has 0 aliphatic rings. The SMILES string of the molecule is Nc1cncc(N(c2ccc(C(F)(F)F)cc2)c2cc(F)ccc2[N+](=O)[O-])n1. The number of hydrogen-bond acceptors (Lipinski definition) is 6. The van der Waals surface area contributed by atoms with Crippen LogP contribution in [0.3, 0.4) is 0 Å². The van der Waals surface area contributed by atoms with Crippen LogP contribution in [0.1, 0.15) is 5.56 Å². The summed E-state index contributed by atoms with van der Waals surface area (Å²) >= 11 is 0.